The number of hydrogen-bond acceptors (Lipinski definition) is 6. The first-order chi connectivity index (χ1) is 16.3. The van der Waals surface area contributed by atoms with Gasteiger partial charge in [0.05, 0.1) is 30.6 Å². The van der Waals surface area contributed by atoms with E-state index in [0.717, 1.165) is 65.6 Å². The van der Waals surface area contributed by atoms with E-state index in [1.54, 1.807) is 6.20 Å². The quantitative estimate of drug-likeness (QED) is 0.441. The number of rotatable bonds is 4. The van der Waals surface area contributed by atoms with Gasteiger partial charge < -0.3 is 19.4 Å². The molecule has 0 spiro atoms. The average molecular weight is 438 g/mol. The fraction of sp³-hybridized carbons (Fsp3) is 0.240. The number of imidazole rings is 1. The van der Waals surface area contributed by atoms with E-state index in [2.05, 4.69) is 67.9 Å². The Balaban J connectivity index is 1.19. The summed E-state index contributed by atoms with van der Waals surface area (Å²) in [4.78, 5) is 11.9. The van der Waals surface area contributed by atoms with Crippen molar-refractivity contribution in [2.75, 3.05) is 36.5 Å². The zero-order valence-electron chi connectivity index (χ0n) is 18.0. The topological polar surface area (TPSA) is 83.4 Å². The van der Waals surface area contributed by atoms with Crippen LogP contribution in [0.15, 0.2) is 67.3 Å². The number of anilines is 3. The summed E-state index contributed by atoms with van der Waals surface area (Å²) in [6.07, 6.45) is 7.56. The molecule has 0 aliphatic carbocycles. The van der Waals surface area contributed by atoms with Crippen LogP contribution in [0.1, 0.15) is 0 Å². The number of benzene rings is 2. The van der Waals surface area contributed by atoms with Gasteiger partial charge in [-0.15, -0.1) is 0 Å². The Labute approximate surface area is 190 Å². The minimum atomic E-state index is 0.671. The molecule has 2 aliphatic rings. The molecule has 3 aromatic heterocycles. The molecule has 2 fully saturated rings. The Hall–Kier alpha value is -3.91. The molecule has 33 heavy (non-hydrogen) atoms. The fourth-order valence-electron chi connectivity index (χ4n) is 5.04. The molecule has 5 aromatic rings. The molecule has 2 unspecified atom stereocenters. The molecule has 2 atom stereocenters. The lowest BCUT2D eigenvalue weighted by Gasteiger charge is -2.20. The summed E-state index contributed by atoms with van der Waals surface area (Å²) < 4.78 is 7.61. The van der Waals surface area contributed by atoms with Crippen LogP contribution in [-0.2, 0) is 4.74 Å². The van der Waals surface area contributed by atoms with Crippen LogP contribution >= 0.6 is 0 Å². The molecule has 8 nitrogen and oxygen atoms in total. The summed E-state index contributed by atoms with van der Waals surface area (Å²) in [7, 11) is 0. The number of aromatic amines is 1. The molecule has 0 bridgehead atoms. The number of ether oxygens (including phenoxy) is 1. The van der Waals surface area contributed by atoms with E-state index in [9.17, 15) is 0 Å². The molecule has 8 heteroatoms. The van der Waals surface area contributed by atoms with E-state index in [1.165, 1.54) is 5.69 Å². The summed E-state index contributed by atoms with van der Waals surface area (Å²) >= 11 is 0. The highest BCUT2D eigenvalue weighted by Crippen LogP contribution is 2.33. The Morgan fingerprint density at radius 3 is 2.73 bits per heavy atom. The minimum Gasteiger partial charge on any atom is -0.381 e. The second-order valence-electron chi connectivity index (χ2n) is 8.94. The summed E-state index contributed by atoms with van der Waals surface area (Å²) in [5.41, 5.74) is 5.90. The summed E-state index contributed by atoms with van der Waals surface area (Å²) in [5.74, 6) is 2.07. The van der Waals surface area contributed by atoms with Crippen molar-refractivity contribution in [2.45, 2.75) is 0 Å². The molecule has 2 aromatic carbocycles. The van der Waals surface area contributed by atoms with Gasteiger partial charge in [-0.3, -0.25) is 5.10 Å². The van der Waals surface area contributed by atoms with Crippen LogP contribution in [-0.4, -0.2) is 50.9 Å². The van der Waals surface area contributed by atoms with E-state index < -0.39 is 0 Å². The Kier molecular flexibility index (Phi) is 4.13. The lowest BCUT2D eigenvalue weighted by molar-refractivity contribution is 0.177. The maximum Gasteiger partial charge on any atom is 0.180 e. The van der Waals surface area contributed by atoms with E-state index in [1.807, 2.05) is 23.0 Å². The smallest absolute Gasteiger partial charge is 0.180 e. The van der Waals surface area contributed by atoms with Gasteiger partial charge in [0.15, 0.2) is 11.5 Å². The summed E-state index contributed by atoms with van der Waals surface area (Å²) in [5, 5.41) is 11.7. The maximum atomic E-state index is 5.61. The Morgan fingerprint density at radius 2 is 1.88 bits per heavy atom. The average Bonchev–Trinajstić information content (AvgIpc) is 3.62. The SMILES string of the molecule is c1cn2cc(-c3ccc4cn[nH]c4c3)nc(Nc3ccc(N4CC5COCC5C4)cc3)c2n1. The molecule has 0 amide bonds. The van der Waals surface area contributed by atoms with Gasteiger partial charge in [0.2, 0.25) is 0 Å². The fourth-order valence-corrected chi connectivity index (χ4v) is 5.04. The normalized spacial score (nSPS) is 20.1. The van der Waals surface area contributed by atoms with Gasteiger partial charge in [0.1, 0.15) is 0 Å². The molecule has 5 heterocycles. The molecular formula is C25H23N7O. The predicted octanol–water partition coefficient (Wildman–Crippen LogP) is 4.10. The zero-order valence-corrected chi connectivity index (χ0v) is 18.0. The van der Waals surface area contributed by atoms with Crippen molar-refractivity contribution in [3.63, 3.8) is 0 Å². The van der Waals surface area contributed by atoms with Crippen LogP contribution < -0.4 is 10.2 Å². The van der Waals surface area contributed by atoms with E-state index >= 15 is 0 Å². The van der Waals surface area contributed by atoms with Crippen LogP contribution in [0, 0.1) is 11.8 Å². The standard InChI is InChI=1S/C25H23N7O/c1-2-17-10-27-30-22(17)9-16(1)23-13-31-8-7-26-25(31)24(29-23)28-20-3-5-21(6-4-20)32-11-18-14-33-15-19(18)12-32/h1-10,13,18-19H,11-12,14-15H2,(H,27,30)(H,28,29). The second-order valence-corrected chi connectivity index (χ2v) is 8.94. The van der Waals surface area contributed by atoms with E-state index in [4.69, 9.17) is 9.72 Å². The number of nitrogens with one attached hydrogen (secondary N) is 2. The molecular weight excluding hydrogens is 414 g/mol. The first-order valence-corrected chi connectivity index (χ1v) is 11.3. The molecule has 0 saturated carbocycles. The van der Waals surface area contributed by atoms with Gasteiger partial charge in [-0.25, -0.2) is 9.97 Å². The van der Waals surface area contributed by atoms with Gasteiger partial charge >= 0.3 is 0 Å². The first kappa shape index (κ1) is 18.6. The number of hydrogen-bond donors (Lipinski definition) is 2. The van der Waals surface area contributed by atoms with Crippen molar-refractivity contribution in [3.05, 3.63) is 67.3 Å². The van der Waals surface area contributed by atoms with Crippen LogP contribution in [0.2, 0.25) is 0 Å². The molecule has 164 valence electrons. The van der Waals surface area contributed by atoms with Crippen LogP contribution in [0.4, 0.5) is 17.2 Å². The van der Waals surface area contributed by atoms with E-state index in [0.29, 0.717) is 11.8 Å². The van der Waals surface area contributed by atoms with Crippen molar-refractivity contribution < 1.29 is 4.74 Å². The first-order valence-electron chi connectivity index (χ1n) is 11.3. The highest BCUT2D eigenvalue weighted by Gasteiger charge is 2.37. The highest BCUT2D eigenvalue weighted by molar-refractivity contribution is 5.84. The van der Waals surface area contributed by atoms with Gasteiger partial charge in [-0.05, 0) is 30.3 Å². The lowest BCUT2D eigenvalue weighted by Crippen LogP contribution is -2.21. The van der Waals surface area contributed by atoms with Gasteiger partial charge in [-0.1, -0.05) is 12.1 Å². The second kappa shape index (κ2) is 7.31. The lowest BCUT2D eigenvalue weighted by atomic mass is 10.0. The van der Waals surface area contributed by atoms with E-state index in [-0.39, 0.29) is 0 Å². The Bertz CT molecular complexity index is 1440. The van der Waals surface area contributed by atoms with Crippen molar-refractivity contribution in [1.29, 1.82) is 0 Å². The summed E-state index contributed by atoms with van der Waals surface area (Å²) in [6, 6.07) is 14.8. The minimum absolute atomic E-state index is 0.671. The highest BCUT2D eigenvalue weighted by atomic mass is 16.5. The third kappa shape index (κ3) is 3.22. The van der Waals surface area contributed by atoms with Crippen LogP contribution in [0.3, 0.4) is 0 Å². The number of aromatic nitrogens is 5. The molecule has 2 saturated heterocycles. The predicted molar refractivity (Wildman–Crippen MR) is 128 cm³/mol. The molecule has 2 aliphatic heterocycles. The maximum absolute atomic E-state index is 5.61. The summed E-state index contributed by atoms with van der Waals surface area (Å²) in [6.45, 7) is 3.96. The van der Waals surface area contributed by atoms with Crippen molar-refractivity contribution in [3.8, 4) is 11.3 Å². The van der Waals surface area contributed by atoms with Crippen molar-refractivity contribution >= 4 is 33.7 Å². The van der Waals surface area contributed by atoms with Gasteiger partial charge in [0, 0.05) is 65.8 Å². The number of nitrogens with zero attached hydrogens (tertiary/aromatic N) is 5. The third-order valence-corrected chi connectivity index (χ3v) is 6.85. The largest absolute Gasteiger partial charge is 0.381 e. The van der Waals surface area contributed by atoms with Crippen molar-refractivity contribution in [2.24, 2.45) is 11.8 Å². The zero-order chi connectivity index (χ0) is 21.8. The third-order valence-electron chi connectivity index (χ3n) is 6.85. The van der Waals surface area contributed by atoms with Gasteiger partial charge in [0.25, 0.3) is 0 Å². The van der Waals surface area contributed by atoms with Crippen LogP contribution in [0.5, 0.6) is 0 Å². The molecule has 2 N–H and O–H groups in total. The Morgan fingerprint density at radius 1 is 1.03 bits per heavy atom. The van der Waals surface area contributed by atoms with Crippen molar-refractivity contribution in [1.82, 2.24) is 24.6 Å². The number of fused-ring (bicyclic) bond motifs is 3. The monoisotopic (exact) mass is 437 g/mol. The van der Waals surface area contributed by atoms with Crippen LogP contribution in [0.25, 0.3) is 27.8 Å². The van der Waals surface area contributed by atoms with Gasteiger partial charge in [-0.2, -0.15) is 5.10 Å². The number of H-pyrrole nitrogens is 1. The molecule has 0 radical (unpaired) electrons. The molecule has 7 rings (SSSR count).